The standard InChI is InChI=1S/C15H19N3O2S/c1-10(2)7-16-8-15-17-13(9-21-15)12-5-4-11(3)14(6-12)18(19)20/h4-6,9-10,16H,7-8H2,1-3H3. The van der Waals surface area contributed by atoms with E-state index < -0.39 is 0 Å². The second kappa shape index (κ2) is 6.78. The van der Waals surface area contributed by atoms with E-state index in [2.05, 4.69) is 24.1 Å². The van der Waals surface area contributed by atoms with Gasteiger partial charge in [0.1, 0.15) is 5.01 Å². The summed E-state index contributed by atoms with van der Waals surface area (Å²) >= 11 is 1.57. The quantitative estimate of drug-likeness (QED) is 0.651. The molecule has 1 aromatic carbocycles. The molecule has 1 heterocycles. The number of nitrogens with zero attached hydrogens (tertiary/aromatic N) is 2. The zero-order valence-corrected chi connectivity index (χ0v) is 13.2. The van der Waals surface area contributed by atoms with Crippen LogP contribution in [0.2, 0.25) is 0 Å². The van der Waals surface area contributed by atoms with Crippen LogP contribution in [0.3, 0.4) is 0 Å². The summed E-state index contributed by atoms with van der Waals surface area (Å²) in [5, 5.41) is 17.3. The Labute approximate surface area is 128 Å². The van der Waals surface area contributed by atoms with Crippen LogP contribution >= 0.6 is 11.3 Å². The molecule has 21 heavy (non-hydrogen) atoms. The second-order valence-corrected chi connectivity index (χ2v) is 6.35. The molecule has 0 aliphatic heterocycles. The van der Waals surface area contributed by atoms with Crippen LogP contribution < -0.4 is 5.32 Å². The molecule has 0 aliphatic carbocycles. The highest BCUT2D eigenvalue weighted by molar-refractivity contribution is 7.09. The van der Waals surface area contributed by atoms with Gasteiger partial charge in [-0.25, -0.2) is 4.98 Å². The van der Waals surface area contributed by atoms with E-state index in [4.69, 9.17) is 0 Å². The smallest absolute Gasteiger partial charge is 0.272 e. The fourth-order valence-corrected chi connectivity index (χ4v) is 2.73. The Morgan fingerprint density at radius 1 is 1.43 bits per heavy atom. The third-order valence-corrected chi connectivity index (χ3v) is 3.93. The highest BCUT2D eigenvalue weighted by Crippen LogP contribution is 2.27. The number of aromatic nitrogens is 1. The van der Waals surface area contributed by atoms with E-state index in [1.165, 1.54) is 0 Å². The Morgan fingerprint density at radius 3 is 2.86 bits per heavy atom. The summed E-state index contributed by atoms with van der Waals surface area (Å²) in [7, 11) is 0. The number of benzene rings is 1. The fraction of sp³-hybridized carbons (Fsp3) is 0.400. The minimum atomic E-state index is -0.351. The number of nitro groups is 1. The first-order chi connectivity index (χ1) is 9.97. The van der Waals surface area contributed by atoms with Gasteiger partial charge in [0, 0.05) is 29.1 Å². The van der Waals surface area contributed by atoms with Crippen LogP contribution in [0.1, 0.15) is 24.4 Å². The molecule has 5 nitrogen and oxygen atoms in total. The van der Waals surface area contributed by atoms with Crippen molar-refractivity contribution in [1.29, 1.82) is 0 Å². The van der Waals surface area contributed by atoms with Gasteiger partial charge >= 0.3 is 0 Å². The van der Waals surface area contributed by atoms with Gasteiger partial charge in [-0.05, 0) is 19.4 Å². The molecular formula is C15H19N3O2S. The molecule has 0 spiro atoms. The number of hydrogen-bond donors (Lipinski definition) is 1. The molecule has 0 fully saturated rings. The summed E-state index contributed by atoms with van der Waals surface area (Å²) in [6.45, 7) is 7.74. The molecule has 6 heteroatoms. The first kappa shape index (κ1) is 15.6. The van der Waals surface area contributed by atoms with Crippen molar-refractivity contribution in [3.8, 4) is 11.3 Å². The summed E-state index contributed by atoms with van der Waals surface area (Å²) in [6, 6.07) is 5.24. The van der Waals surface area contributed by atoms with Crippen molar-refractivity contribution >= 4 is 17.0 Å². The number of thiazole rings is 1. The Hall–Kier alpha value is -1.79. The number of aryl methyl sites for hydroxylation is 1. The van der Waals surface area contributed by atoms with Gasteiger partial charge in [-0.3, -0.25) is 10.1 Å². The number of nitro benzene ring substituents is 1. The molecule has 0 radical (unpaired) electrons. The van der Waals surface area contributed by atoms with Crippen LogP contribution in [0.25, 0.3) is 11.3 Å². The molecule has 0 unspecified atom stereocenters. The van der Waals surface area contributed by atoms with Crippen molar-refractivity contribution < 1.29 is 4.92 Å². The third-order valence-electron chi connectivity index (χ3n) is 3.08. The van der Waals surface area contributed by atoms with Crippen molar-refractivity contribution in [2.24, 2.45) is 5.92 Å². The molecule has 2 rings (SSSR count). The van der Waals surface area contributed by atoms with Gasteiger partial charge in [-0.2, -0.15) is 0 Å². The summed E-state index contributed by atoms with van der Waals surface area (Å²) in [4.78, 5) is 15.2. The Balaban J connectivity index is 2.14. The summed E-state index contributed by atoms with van der Waals surface area (Å²) < 4.78 is 0. The van der Waals surface area contributed by atoms with Crippen molar-refractivity contribution in [2.45, 2.75) is 27.3 Å². The zero-order chi connectivity index (χ0) is 15.4. The molecular weight excluding hydrogens is 286 g/mol. The Morgan fingerprint density at radius 2 is 2.19 bits per heavy atom. The lowest BCUT2D eigenvalue weighted by Crippen LogP contribution is -2.18. The van der Waals surface area contributed by atoms with E-state index in [9.17, 15) is 10.1 Å². The van der Waals surface area contributed by atoms with Gasteiger partial charge in [-0.15, -0.1) is 11.3 Å². The molecule has 1 N–H and O–H groups in total. The van der Waals surface area contributed by atoms with Crippen LogP contribution in [-0.4, -0.2) is 16.5 Å². The van der Waals surface area contributed by atoms with Crippen molar-refractivity contribution in [2.75, 3.05) is 6.54 Å². The number of rotatable bonds is 6. The van der Waals surface area contributed by atoms with Gasteiger partial charge in [0.15, 0.2) is 0 Å². The maximum absolute atomic E-state index is 11.0. The van der Waals surface area contributed by atoms with Gasteiger partial charge < -0.3 is 5.32 Å². The molecule has 0 saturated heterocycles. The summed E-state index contributed by atoms with van der Waals surface area (Å²) in [5.74, 6) is 0.601. The lowest BCUT2D eigenvalue weighted by Gasteiger charge is -2.04. The number of hydrogen-bond acceptors (Lipinski definition) is 5. The first-order valence-corrected chi connectivity index (χ1v) is 7.76. The minimum absolute atomic E-state index is 0.139. The van der Waals surface area contributed by atoms with Crippen LogP contribution in [-0.2, 0) is 6.54 Å². The molecule has 0 amide bonds. The fourth-order valence-electron chi connectivity index (χ4n) is 1.96. The highest BCUT2D eigenvalue weighted by Gasteiger charge is 2.13. The average Bonchev–Trinajstić information content (AvgIpc) is 2.87. The lowest BCUT2D eigenvalue weighted by atomic mass is 10.1. The van der Waals surface area contributed by atoms with E-state index in [0.29, 0.717) is 11.5 Å². The van der Waals surface area contributed by atoms with E-state index in [-0.39, 0.29) is 10.6 Å². The summed E-state index contributed by atoms with van der Waals surface area (Å²) in [6.07, 6.45) is 0. The lowest BCUT2D eigenvalue weighted by molar-refractivity contribution is -0.385. The number of nitrogens with one attached hydrogen (secondary N) is 1. The van der Waals surface area contributed by atoms with Crippen LogP contribution in [0.4, 0.5) is 5.69 Å². The van der Waals surface area contributed by atoms with E-state index in [0.717, 1.165) is 29.4 Å². The monoisotopic (exact) mass is 305 g/mol. The minimum Gasteiger partial charge on any atom is -0.310 e. The molecule has 0 saturated carbocycles. The third kappa shape index (κ3) is 4.09. The van der Waals surface area contributed by atoms with Crippen LogP contribution in [0.5, 0.6) is 0 Å². The molecule has 0 atom stereocenters. The SMILES string of the molecule is Cc1ccc(-c2csc(CNCC(C)C)n2)cc1[N+](=O)[O-]. The zero-order valence-electron chi connectivity index (χ0n) is 12.4. The van der Waals surface area contributed by atoms with Crippen molar-refractivity contribution in [3.63, 3.8) is 0 Å². The predicted octanol–water partition coefficient (Wildman–Crippen LogP) is 3.77. The van der Waals surface area contributed by atoms with Crippen LogP contribution in [0, 0.1) is 23.0 Å². The van der Waals surface area contributed by atoms with Crippen LogP contribution in [0.15, 0.2) is 23.6 Å². The molecule has 112 valence electrons. The largest absolute Gasteiger partial charge is 0.310 e. The first-order valence-electron chi connectivity index (χ1n) is 6.88. The van der Waals surface area contributed by atoms with E-state index >= 15 is 0 Å². The van der Waals surface area contributed by atoms with E-state index in [1.807, 2.05) is 11.4 Å². The summed E-state index contributed by atoms with van der Waals surface area (Å²) in [5.41, 5.74) is 2.39. The highest BCUT2D eigenvalue weighted by atomic mass is 32.1. The average molecular weight is 305 g/mol. The molecule has 1 aromatic heterocycles. The molecule has 0 aliphatic rings. The van der Waals surface area contributed by atoms with Gasteiger partial charge in [0.25, 0.3) is 5.69 Å². The van der Waals surface area contributed by atoms with Gasteiger partial charge in [-0.1, -0.05) is 26.0 Å². The van der Waals surface area contributed by atoms with Gasteiger partial charge in [0.2, 0.25) is 0 Å². The Bertz CT molecular complexity index is 638. The predicted molar refractivity (Wildman–Crippen MR) is 85.5 cm³/mol. The second-order valence-electron chi connectivity index (χ2n) is 5.41. The topological polar surface area (TPSA) is 68.1 Å². The maximum atomic E-state index is 11.0. The Kier molecular flexibility index (Phi) is 5.03. The van der Waals surface area contributed by atoms with Crippen molar-refractivity contribution in [1.82, 2.24) is 10.3 Å². The van der Waals surface area contributed by atoms with Gasteiger partial charge in [0.05, 0.1) is 10.6 Å². The molecule has 0 bridgehead atoms. The van der Waals surface area contributed by atoms with Crippen molar-refractivity contribution in [3.05, 3.63) is 44.3 Å². The maximum Gasteiger partial charge on any atom is 0.272 e. The molecule has 2 aromatic rings. The normalized spacial score (nSPS) is 11.0. The van der Waals surface area contributed by atoms with E-state index in [1.54, 1.807) is 30.4 Å².